The van der Waals surface area contributed by atoms with Gasteiger partial charge in [-0.1, -0.05) is 225 Å². The number of hydrogen-bond donors (Lipinski definition) is 0. The maximum absolute atomic E-state index is 2.64. The summed E-state index contributed by atoms with van der Waals surface area (Å²) in [6.07, 6.45) is 14.1. The molecule has 12 rings (SSSR count). The molecule has 0 spiro atoms. The van der Waals surface area contributed by atoms with Crippen LogP contribution in [0, 0.1) is 0 Å². The summed E-state index contributed by atoms with van der Waals surface area (Å²) in [6, 6.07) is 91.3. The molecule has 2 nitrogen and oxygen atoms in total. The third-order valence-corrected chi connectivity index (χ3v) is 17.9. The summed E-state index contributed by atoms with van der Waals surface area (Å²) in [5.41, 5.74) is 26.3. The Bertz CT molecular complexity index is 3350. The molecule has 0 amide bonds. The zero-order valence-corrected chi connectivity index (χ0v) is 47.5. The highest BCUT2D eigenvalue weighted by molar-refractivity contribution is 5.90. The molecule has 0 unspecified atom stereocenters. The summed E-state index contributed by atoms with van der Waals surface area (Å²) in [6.45, 7) is 9.46. The van der Waals surface area contributed by atoms with Gasteiger partial charge in [0.25, 0.3) is 0 Å². The minimum atomic E-state index is -0.0605. The highest BCUT2D eigenvalue weighted by Gasteiger charge is 2.44. The Hall–Kier alpha value is -8.20. The van der Waals surface area contributed by atoms with Gasteiger partial charge >= 0.3 is 0 Å². The molecule has 0 aromatic heterocycles. The number of anilines is 6. The summed E-state index contributed by atoms with van der Waals surface area (Å²) >= 11 is 0. The highest BCUT2D eigenvalue weighted by atomic mass is 15.1. The summed E-state index contributed by atoms with van der Waals surface area (Å²) in [7, 11) is 0. The van der Waals surface area contributed by atoms with Gasteiger partial charge in [-0.15, -0.1) is 0 Å². The smallest absolute Gasteiger partial charge is 0.0462 e. The Morgan fingerprint density at radius 3 is 0.688 bits per heavy atom. The van der Waals surface area contributed by atoms with Gasteiger partial charge in [-0.3, -0.25) is 0 Å². The third kappa shape index (κ3) is 9.78. The first-order valence-corrected chi connectivity index (χ1v) is 30.1. The Balaban J connectivity index is 0.903. The summed E-state index contributed by atoms with van der Waals surface area (Å²) in [4.78, 5) is 4.70. The number of para-hydroxylation sites is 4. The van der Waals surface area contributed by atoms with Crippen molar-refractivity contribution in [3.63, 3.8) is 0 Å². The average molecular weight is 1040 g/mol. The van der Waals surface area contributed by atoms with E-state index in [0.29, 0.717) is 0 Å². The van der Waals surface area contributed by atoms with Gasteiger partial charge in [0, 0.05) is 45.0 Å². The molecule has 0 fully saturated rings. The van der Waals surface area contributed by atoms with Crippen molar-refractivity contribution in [2.75, 3.05) is 9.80 Å². The number of unbranched alkanes of at least 4 members (excludes halogenated alkanes) is 4. The second-order valence-electron chi connectivity index (χ2n) is 22.7. The quantitative estimate of drug-likeness (QED) is 0.0708. The van der Waals surface area contributed by atoms with Gasteiger partial charge in [0.1, 0.15) is 0 Å². The van der Waals surface area contributed by atoms with Crippen LogP contribution < -0.4 is 9.80 Å². The van der Waals surface area contributed by atoms with Crippen molar-refractivity contribution in [1.82, 2.24) is 0 Å². The summed E-state index contributed by atoms with van der Waals surface area (Å²) < 4.78 is 0. The monoisotopic (exact) mass is 1040 g/mol. The lowest BCUT2D eigenvalue weighted by atomic mass is 9.69. The van der Waals surface area contributed by atoms with E-state index in [1.54, 1.807) is 0 Å². The van der Waals surface area contributed by atoms with E-state index in [4.69, 9.17) is 0 Å². The van der Waals surface area contributed by atoms with Crippen LogP contribution in [0.5, 0.6) is 0 Å². The minimum absolute atomic E-state index is 0.0605. The maximum Gasteiger partial charge on any atom is 0.0462 e. The zero-order chi connectivity index (χ0) is 54.5. The number of benzene rings is 10. The predicted octanol–water partition coefficient (Wildman–Crippen LogP) is 22.9. The van der Waals surface area contributed by atoms with E-state index >= 15 is 0 Å². The number of rotatable bonds is 21. The van der Waals surface area contributed by atoms with Gasteiger partial charge in [0.15, 0.2) is 0 Å². The van der Waals surface area contributed by atoms with Gasteiger partial charge < -0.3 is 9.80 Å². The van der Waals surface area contributed by atoms with Crippen molar-refractivity contribution in [3.05, 3.63) is 265 Å². The Labute approximate surface area is 477 Å². The Kier molecular flexibility index (Phi) is 15.3. The van der Waals surface area contributed by atoms with E-state index in [1.807, 2.05) is 0 Å². The lowest BCUT2D eigenvalue weighted by Crippen LogP contribution is -2.26. The first kappa shape index (κ1) is 52.5. The average Bonchev–Trinajstić information content (AvgIpc) is 4.18. The van der Waals surface area contributed by atoms with Gasteiger partial charge in [-0.2, -0.15) is 0 Å². The van der Waals surface area contributed by atoms with Crippen LogP contribution in [-0.2, 0) is 10.8 Å². The molecule has 0 bridgehead atoms. The third-order valence-electron chi connectivity index (χ3n) is 17.9. The van der Waals surface area contributed by atoms with Crippen LogP contribution in [0.4, 0.5) is 34.1 Å². The number of nitrogens with zero attached hydrogens (tertiary/aromatic N) is 2. The molecule has 0 saturated carbocycles. The van der Waals surface area contributed by atoms with E-state index < -0.39 is 0 Å². The summed E-state index contributed by atoms with van der Waals surface area (Å²) in [5.74, 6) is 0. The van der Waals surface area contributed by atoms with Crippen LogP contribution in [0.2, 0.25) is 0 Å². The fraction of sp³-hybridized carbons (Fsp3) is 0.231. The molecule has 80 heavy (non-hydrogen) atoms. The molecule has 2 aliphatic carbocycles. The predicted molar refractivity (Wildman–Crippen MR) is 343 cm³/mol. The van der Waals surface area contributed by atoms with Crippen LogP contribution in [0.3, 0.4) is 0 Å². The molecule has 398 valence electrons. The normalized spacial score (nSPS) is 13.3. The van der Waals surface area contributed by atoms with Gasteiger partial charge in [-0.25, -0.2) is 0 Å². The second-order valence-corrected chi connectivity index (χ2v) is 22.7. The molecule has 0 atom stereocenters. The van der Waals surface area contributed by atoms with E-state index in [2.05, 4.69) is 280 Å². The van der Waals surface area contributed by atoms with Crippen LogP contribution in [-0.4, -0.2) is 0 Å². The molecule has 0 radical (unpaired) electrons. The molecule has 0 saturated heterocycles. The van der Waals surface area contributed by atoms with E-state index in [9.17, 15) is 0 Å². The van der Waals surface area contributed by atoms with Crippen LogP contribution in [0.15, 0.2) is 243 Å². The minimum Gasteiger partial charge on any atom is -0.311 e. The van der Waals surface area contributed by atoms with Crippen molar-refractivity contribution >= 4 is 34.1 Å². The second kappa shape index (κ2) is 23.3. The van der Waals surface area contributed by atoms with Gasteiger partial charge in [-0.05, 0) is 201 Å². The SMILES string of the molecule is CCCCC1(CCCC)c2cc(-c3ccc(N(c4ccccc4)c4ccccc4)cc3)ccc2-c2ccc(-c3ccc4c(c3)C(CCCC)(CCCC)c3cc(-c5ccc(N(c6ccccc6)c6ccccc6)cc5)ccc3-4)cc21. The van der Waals surface area contributed by atoms with Crippen molar-refractivity contribution in [1.29, 1.82) is 0 Å². The molecule has 0 aliphatic heterocycles. The molecule has 2 aliphatic rings. The molecular formula is C78H76N2. The van der Waals surface area contributed by atoms with Crippen molar-refractivity contribution in [2.24, 2.45) is 0 Å². The molecule has 10 aromatic carbocycles. The van der Waals surface area contributed by atoms with Crippen molar-refractivity contribution < 1.29 is 0 Å². The lowest BCUT2D eigenvalue weighted by Gasteiger charge is -2.34. The standard InChI is InChI=1S/C78H76N2/c1-5-9-49-77(50-10-6-2)73-53-59(57-33-41-67(42-34-57)79(63-25-17-13-18-26-63)64-27-19-14-20-28-64)37-45-69(73)71-47-39-61(55-75(71)77)62-40-48-72-70-46-38-60(54-74(70)78(51-11-7-3,52-12-8-4)76(72)56-62)58-35-43-68(44-36-58)80(65-29-21-15-22-30-65)66-31-23-16-24-32-66/h13-48,53-56H,5-12,49-52H2,1-4H3. The van der Waals surface area contributed by atoms with Gasteiger partial charge in [0.2, 0.25) is 0 Å². The molecule has 0 N–H and O–H groups in total. The van der Waals surface area contributed by atoms with E-state index in [1.165, 1.54) is 129 Å². The molecule has 2 heteroatoms. The van der Waals surface area contributed by atoms with E-state index in [0.717, 1.165) is 59.8 Å². The number of fused-ring (bicyclic) bond motifs is 6. The topological polar surface area (TPSA) is 6.48 Å². The summed E-state index contributed by atoms with van der Waals surface area (Å²) in [5, 5.41) is 0. The fourth-order valence-corrected chi connectivity index (χ4v) is 13.8. The zero-order valence-electron chi connectivity index (χ0n) is 47.5. The Morgan fingerprint density at radius 2 is 0.450 bits per heavy atom. The first-order chi connectivity index (χ1) is 39.5. The van der Waals surface area contributed by atoms with E-state index in [-0.39, 0.29) is 10.8 Å². The molecular weight excluding hydrogens is 965 g/mol. The van der Waals surface area contributed by atoms with Crippen LogP contribution >= 0.6 is 0 Å². The van der Waals surface area contributed by atoms with Gasteiger partial charge in [0.05, 0.1) is 0 Å². The van der Waals surface area contributed by atoms with Crippen molar-refractivity contribution in [3.8, 4) is 55.6 Å². The molecule has 10 aromatic rings. The van der Waals surface area contributed by atoms with Crippen molar-refractivity contribution in [2.45, 2.75) is 116 Å². The number of hydrogen-bond acceptors (Lipinski definition) is 2. The maximum atomic E-state index is 2.64. The first-order valence-electron chi connectivity index (χ1n) is 30.1. The highest BCUT2D eigenvalue weighted by Crippen LogP contribution is 2.58. The van der Waals surface area contributed by atoms with Crippen LogP contribution in [0.1, 0.15) is 127 Å². The molecule has 0 heterocycles. The Morgan fingerprint density at radius 1 is 0.237 bits per heavy atom. The fourth-order valence-electron chi connectivity index (χ4n) is 13.8. The van der Waals surface area contributed by atoms with Crippen LogP contribution in [0.25, 0.3) is 55.6 Å². The lowest BCUT2D eigenvalue weighted by molar-refractivity contribution is 0.414. The largest absolute Gasteiger partial charge is 0.311 e.